The summed E-state index contributed by atoms with van der Waals surface area (Å²) in [4.78, 5) is 32.4. The Kier molecular flexibility index (Phi) is 5.14. The van der Waals surface area contributed by atoms with Crippen LogP contribution in [0.4, 0.5) is 17.2 Å². The highest BCUT2D eigenvalue weighted by Crippen LogP contribution is 2.32. The average Bonchev–Trinajstić information content (AvgIpc) is 3.44. The van der Waals surface area contributed by atoms with Crippen LogP contribution in [0.5, 0.6) is 0 Å². The molecule has 1 fully saturated rings. The highest BCUT2D eigenvalue weighted by atomic mass is 16.6. The lowest BCUT2D eigenvalue weighted by Crippen LogP contribution is -2.17. The van der Waals surface area contributed by atoms with Gasteiger partial charge in [-0.1, -0.05) is 20.8 Å². The van der Waals surface area contributed by atoms with Crippen LogP contribution in [0.15, 0.2) is 42.7 Å². The maximum absolute atomic E-state index is 12.9. The predicted molar refractivity (Wildman–Crippen MR) is 116 cm³/mol. The quantitative estimate of drug-likeness (QED) is 0.459. The van der Waals surface area contributed by atoms with Crippen LogP contribution in [0, 0.1) is 10.1 Å². The van der Waals surface area contributed by atoms with Gasteiger partial charge in [-0.2, -0.15) is 9.78 Å². The minimum atomic E-state index is -0.487. The summed E-state index contributed by atoms with van der Waals surface area (Å²) < 4.78 is 1.45. The summed E-state index contributed by atoms with van der Waals surface area (Å²) in [5.74, 6) is 0.200. The molecule has 0 saturated heterocycles. The van der Waals surface area contributed by atoms with Crippen molar-refractivity contribution in [2.75, 3.05) is 10.6 Å². The molecule has 10 nitrogen and oxygen atoms in total. The molecule has 4 rings (SSSR count). The molecule has 160 valence electrons. The van der Waals surface area contributed by atoms with E-state index in [0.717, 1.165) is 18.5 Å². The first kappa shape index (κ1) is 20.5. The van der Waals surface area contributed by atoms with E-state index in [1.165, 1.54) is 10.7 Å². The zero-order valence-corrected chi connectivity index (χ0v) is 17.5. The molecule has 0 aliphatic heterocycles. The first-order chi connectivity index (χ1) is 14.7. The highest BCUT2D eigenvalue weighted by molar-refractivity contribution is 6.04. The topological polar surface area (TPSA) is 128 Å². The van der Waals surface area contributed by atoms with E-state index in [4.69, 9.17) is 0 Å². The monoisotopic (exact) mass is 421 g/mol. The Morgan fingerprint density at radius 3 is 2.52 bits per heavy atom. The maximum atomic E-state index is 12.9. The Balaban J connectivity index is 1.66. The number of nitro benzene ring substituents is 1. The van der Waals surface area contributed by atoms with Crippen LogP contribution in [0.2, 0.25) is 0 Å². The van der Waals surface area contributed by atoms with Crippen LogP contribution in [-0.4, -0.2) is 36.6 Å². The molecule has 1 saturated carbocycles. The molecule has 31 heavy (non-hydrogen) atoms. The van der Waals surface area contributed by atoms with Gasteiger partial charge in [0.25, 0.3) is 17.5 Å². The number of anilines is 2. The van der Waals surface area contributed by atoms with Gasteiger partial charge >= 0.3 is 0 Å². The Morgan fingerprint density at radius 1 is 1.19 bits per heavy atom. The molecule has 0 atom stereocenters. The largest absolute Gasteiger partial charge is 0.377 e. The van der Waals surface area contributed by atoms with E-state index in [-0.39, 0.29) is 22.7 Å². The van der Waals surface area contributed by atoms with Crippen molar-refractivity contribution in [1.29, 1.82) is 0 Å². The molecule has 0 bridgehead atoms. The van der Waals surface area contributed by atoms with E-state index < -0.39 is 10.8 Å². The van der Waals surface area contributed by atoms with Crippen LogP contribution in [0.3, 0.4) is 0 Å². The zero-order valence-electron chi connectivity index (χ0n) is 17.5. The van der Waals surface area contributed by atoms with Crippen molar-refractivity contribution in [3.63, 3.8) is 0 Å². The molecular formula is C21H23N7O3. The molecule has 1 aliphatic rings. The normalized spacial score (nSPS) is 13.6. The van der Waals surface area contributed by atoms with Crippen molar-refractivity contribution in [2.45, 2.75) is 45.1 Å². The number of aromatic nitrogens is 4. The fourth-order valence-corrected chi connectivity index (χ4v) is 2.97. The number of nitro groups is 1. The lowest BCUT2D eigenvalue weighted by molar-refractivity contribution is -0.384. The van der Waals surface area contributed by atoms with E-state index in [1.54, 1.807) is 36.7 Å². The van der Waals surface area contributed by atoms with Crippen LogP contribution < -0.4 is 10.6 Å². The Morgan fingerprint density at radius 2 is 1.90 bits per heavy atom. The van der Waals surface area contributed by atoms with E-state index in [1.807, 2.05) is 20.8 Å². The minimum absolute atomic E-state index is 0.130. The Hall–Kier alpha value is -3.82. The van der Waals surface area contributed by atoms with Crippen LogP contribution in [-0.2, 0) is 5.41 Å². The molecule has 1 aliphatic carbocycles. The van der Waals surface area contributed by atoms with E-state index in [0.29, 0.717) is 17.5 Å². The molecule has 0 radical (unpaired) electrons. The van der Waals surface area contributed by atoms with Gasteiger partial charge in [0, 0.05) is 41.5 Å². The fraction of sp³-hybridized carbons (Fsp3) is 0.333. The molecule has 2 heterocycles. The molecule has 0 spiro atoms. The zero-order chi connectivity index (χ0) is 22.2. The summed E-state index contributed by atoms with van der Waals surface area (Å²) in [6, 6.07) is 8.12. The third kappa shape index (κ3) is 4.52. The Labute approximate surface area is 178 Å². The molecule has 1 amide bonds. The third-order valence-corrected chi connectivity index (χ3v) is 4.85. The average molecular weight is 421 g/mol. The SMILES string of the molecule is CC(C)(C)c1cc(NC(=O)c2ccc(NC3CC3)c([N+](=O)[O-])c2)n(-c2ncccn2)n1. The second kappa shape index (κ2) is 7.78. The summed E-state index contributed by atoms with van der Waals surface area (Å²) in [6.45, 7) is 6.02. The summed E-state index contributed by atoms with van der Waals surface area (Å²) in [6.07, 6.45) is 5.14. The number of hydrogen-bond acceptors (Lipinski definition) is 7. The number of nitrogens with zero attached hydrogens (tertiary/aromatic N) is 5. The van der Waals surface area contributed by atoms with Gasteiger partial charge in [0.1, 0.15) is 11.5 Å². The van der Waals surface area contributed by atoms with Crippen molar-refractivity contribution >= 4 is 23.1 Å². The first-order valence-electron chi connectivity index (χ1n) is 9.96. The predicted octanol–water partition coefficient (Wildman–Crippen LogP) is 3.69. The number of nitrogens with one attached hydrogen (secondary N) is 2. The van der Waals surface area contributed by atoms with Crippen LogP contribution in [0.1, 0.15) is 49.7 Å². The fourth-order valence-electron chi connectivity index (χ4n) is 2.97. The summed E-state index contributed by atoms with van der Waals surface area (Å²) in [5.41, 5.74) is 0.933. The van der Waals surface area contributed by atoms with Gasteiger partial charge in [0.2, 0.25) is 0 Å². The lowest BCUT2D eigenvalue weighted by Gasteiger charge is -2.13. The lowest BCUT2D eigenvalue weighted by atomic mass is 9.92. The molecule has 2 N–H and O–H groups in total. The molecule has 2 aromatic heterocycles. The first-order valence-corrected chi connectivity index (χ1v) is 9.96. The summed E-state index contributed by atoms with van der Waals surface area (Å²) >= 11 is 0. The summed E-state index contributed by atoms with van der Waals surface area (Å²) in [7, 11) is 0. The second-order valence-electron chi connectivity index (χ2n) is 8.49. The number of amides is 1. The van der Waals surface area contributed by atoms with Gasteiger partial charge < -0.3 is 10.6 Å². The maximum Gasteiger partial charge on any atom is 0.293 e. The second-order valence-corrected chi connectivity index (χ2v) is 8.49. The summed E-state index contributed by atoms with van der Waals surface area (Å²) in [5, 5.41) is 22.0. The Bertz CT molecular complexity index is 1130. The molecule has 10 heteroatoms. The minimum Gasteiger partial charge on any atom is -0.377 e. The van der Waals surface area contributed by atoms with Crippen molar-refractivity contribution < 1.29 is 9.72 Å². The van der Waals surface area contributed by atoms with E-state index in [2.05, 4.69) is 25.7 Å². The number of carbonyl (C=O) groups excluding carboxylic acids is 1. The van der Waals surface area contributed by atoms with Crippen molar-refractivity contribution in [2.24, 2.45) is 0 Å². The van der Waals surface area contributed by atoms with Crippen LogP contribution in [0.25, 0.3) is 5.95 Å². The number of benzene rings is 1. The molecule has 3 aromatic rings. The molecule has 0 unspecified atom stereocenters. The van der Waals surface area contributed by atoms with Gasteiger partial charge in [-0.3, -0.25) is 14.9 Å². The van der Waals surface area contributed by atoms with Crippen molar-refractivity contribution in [3.05, 3.63) is 64.1 Å². The number of rotatable bonds is 6. The van der Waals surface area contributed by atoms with E-state index >= 15 is 0 Å². The number of carbonyl (C=O) groups is 1. The molecule has 1 aromatic carbocycles. The van der Waals surface area contributed by atoms with Crippen LogP contribution >= 0.6 is 0 Å². The van der Waals surface area contributed by atoms with Crippen molar-refractivity contribution in [1.82, 2.24) is 19.7 Å². The smallest absolute Gasteiger partial charge is 0.293 e. The van der Waals surface area contributed by atoms with Gasteiger partial charge in [0.15, 0.2) is 0 Å². The third-order valence-electron chi connectivity index (χ3n) is 4.85. The standard InChI is InChI=1S/C21H23N7O3/c1-21(2,3)17-12-18(27(26-17)20-22-9-4-10-23-20)25-19(29)13-5-8-15(24-14-6-7-14)16(11-13)28(30)31/h4-5,8-12,14,24H,6-7H2,1-3H3,(H,25,29). The molecular weight excluding hydrogens is 398 g/mol. The van der Waals surface area contributed by atoms with Gasteiger partial charge in [0.05, 0.1) is 10.6 Å². The van der Waals surface area contributed by atoms with Gasteiger partial charge in [-0.25, -0.2) is 9.97 Å². The number of hydrogen-bond donors (Lipinski definition) is 2. The van der Waals surface area contributed by atoms with Crippen molar-refractivity contribution in [3.8, 4) is 5.95 Å². The van der Waals surface area contributed by atoms with Gasteiger partial charge in [-0.15, -0.1) is 0 Å². The van der Waals surface area contributed by atoms with E-state index in [9.17, 15) is 14.9 Å². The van der Waals surface area contributed by atoms with Gasteiger partial charge in [-0.05, 0) is 31.0 Å². The highest BCUT2D eigenvalue weighted by Gasteiger charge is 2.26.